The number of aliphatic hydroxyl groups is 2. The predicted octanol–water partition coefficient (Wildman–Crippen LogP) is 4.46. The molecule has 2 atom stereocenters. The van der Waals surface area contributed by atoms with E-state index in [9.17, 15) is 15.0 Å². The van der Waals surface area contributed by atoms with Gasteiger partial charge in [0.15, 0.2) is 0 Å². The number of aromatic nitrogens is 1. The molecule has 0 aromatic carbocycles. The molecule has 0 fully saturated rings. The van der Waals surface area contributed by atoms with Crippen LogP contribution >= 0.6 is 11.6 Å². The zero-order valence-corrected chi connectivity index (χ0v) is 16.4. The van der Waals surface area contributed by atoms with Gasteiger partial charge < -0.3 is 14.9 Å². The molecule has 1 aromatic rings. The molecule has 1 rings (SSSR count). The van der Waals surface area contributed by atoms with Gasteiger partial charge in [-0.05, 0) is 37.3 Å². The van der Waals surface area contributed by atoms with Crippen LogP contribution in [0.3, 0.4) is 0 Å². The Morgan fingerprint density at radius 1 is 1.31 bits per heavy atom. The van der Waals surface area contributed by atoms with Crippen molar-refractivity contribution in [2.75, 3.05) is 7.11 Å². The highest BCUT2D eigenvalue weighted by Crippen LogP contribution is 2.25. The first-order chi connectivity index (χ1) is 12.5. The maximum Gasteiger partial charge on any atom is 0.305 e. The van der Waals surface area contributed by atoms with Crippen molar-refractivity contribution in [3.05, 3.63) is 34.6 Å². The summed E-state index contributed by atoms with van der Waals surface area (Å²) in [7, 11) is 1.35. The van der Waals surface area contributed by atoms with E-state index in [4.69, 9.17) is 11.6 Å². The first kappa shape index (κ1) is 22.6. The summed E-state index contributed by atoms with van der Waals surface area (Å²) in [6.07, 6.45) is 9.86. The van der Waals surface area contributed by atoms with E-state index in [1.807, 2.05) is 12.2 Å². The number of rotatable bonds is 12. The Hall–Kier alpha value is -1.43. The first-order valence-corrected chi connectivity index (χ1v) is 9.60. The summed E-state index contributed by atoms with van der Waals surface area (Å²) in [6, 6.07) is 1.74. The number of aliphatic hydroxyl groups excluding tert-OH is 2. The lowest BCUT2D eigenvalue weighted by molar-refractivity contribution is -0.140. The number of nitrogens with zero attached hydrogens (tertiary/aromatic N) is 1. The smallest absolute Gasteiger partial charge is 0.305 e. The number of unbranched alkanes of at least 4 members (excludes halogenated alkanes) is 2. The van der Waals surface area contributed by atoms with Gasteiger partial charge in [-0.15, -0.1) is 0 Å². The highest BCUT2D eigenvalue weighted by molar-refractivity contribution is 6.30. The molecule has 0 radical (unpaired) electrons. The summed E-state index contributed by atoms with van der Waals surface area (Å²) < 4.78 is 4.60. The number of methoxy groups -OCH3 is 1. The Morgan fingerprint density at radius 3 is 2.77 bits per heavy atom. The van der Waals surface area contributed by atoms with Crippen molar-refractivity contribution in [1.82, 2.24) is 4.98 Å². The predicted molar refractivity (Wildman–Crippen MR) is 104 cm³/mol. The lowest BCUT2D eigenvalue weighted by atomic mass is 10.0. The van der Waals surface area contributed by atoms with Crippen molar-refractivity contribution in [2.45, 2.75) is 70.5 Å². The van der Waals surface area contributed by atoms with Crippen molar-refractivity contribution < 1.29 is 19.7 Å². The van der Waals surface area contributed by atoms with Crippen LogP contribution in [0.2, 0.25) is 5.02 Å². The summed E-state index contributed by atoms with van der Waals surface area (Å²) in [4.78, 5) is 15.4. The summed E-state index contributed by atoms with van der Waals surface area (Å²) in [5, 5.41) is 20.9. The number of ether oxygens (including phenoxy) is 1. The molecule has 5 nitrogen and oxygen atoms in total. The van der Waals surface area contributed by atoms with Crippen molar-refractivity contribution in [3.8, 4) is 0 Å². The van der Waals surface area contributed by atoms with E-state index in [-0.39, 0.29) is 18.5 Å². The second kappa shape index (κ2) is 12.8. The van der Waals surface area contributed by atoms with E-state index in [1.54, 1.807) is 6.07 Å². The number of pyridine rings is 1. The maximum atomic E-state index is 11.2. The SMILES string of the molecule is CCCCCC(O)C/C=C/c1cc(Cl)cnc1C(O)CCCC(=O)OC. The molecule has 1 heterocycles. The topological polar surface area (TPSA) is 79.7 Å². The zero-order valence-electron chi connectivity index (χ0n) is 15.7. The minimum absolute atomic E-state index is 0.260. The van der Waals surface area contributed by atoms with E-state index in [0.29, 0.717) is 30.0 Å². The number of carbonyl (C=O) groups is 1. The molecular formula is C20H30ClNO4. The molecule has 0 amide bonds. The first-order valence-electron chi connectivity index (χ1n) is 9.22. The molecule has 0 spiro atoms. The number of hydrogen-bond donors (Lipinski definition) is 2. The standard InChI is InChI=1S/C20H30ClNO4/c1-3-4-5-9-17(23)10-6-8-15-13-16(21)14-22-20(15)18(24)11-7-12-19(25)26-2/h6,8,13-14,17-18,23-24H,3-5,7,9-12H2,1-2H3/b8-6+. The number of esters is 1. The third-order valence-corrected chi connectivity index (χ3v) is 4.37. The molecule has 0 aliphatic rings. The number of hydrogen-bond acceptors (Lipinski definition) is 5. The Morgan fingerprint density at radius 2 is 2.08 bits per heavy atom. The molecule has 0 saturated heterocycles. The van der Waals surface area contributed by atoms with Gasteiger partial charge in [0, 0.05) is 12.6 Å². The molecule has 0 bridgehead atoms. The molecule has 146 valence electrons. The second-order valence-electron chi connectivity index (χ2n) is 6.40. The van der Waals surface area contributed by atoms with E-state index in [1.165, 1.54) is 13.3 Å². The van der Waals surface area contributed by atoms with Crippen LogP contribution in [0.4, 0.5) is 0 Å². The Bertz CT molecular complexity index is 577. The third kappa shape index (κ3) is 8.79. The molecule has 2 N–H and O–H groups in total. The van der Waals surface area contributed by atoms with Crippen molar-refractivity contribution in [1.29, 1.82) is 0 Å². The lowest BCUT2D eigenvalue weighted by Crippen LogP contribution is -2.06. The average molecular weight is 384 g/mol. The molecular weight excluding hydrogens is 354 g/mol. The van der Waals surface area contributed by atoms with Crippen molar-refractivity contribution in [2.24, 2.45) is 0 Å². The second-order valence-corrected chi connectivity index (χ2v) is 6.84. The van der Waals surface area contributed by atoms with Gasteiger partial charge in [0.2, 0.25) is 0 Å². The molecule has 0 aliphatic carbocycles. The zero-order chi connectivity index (χ0) is 19.4. The normalized spacial score (nSPS) is 13.7. The summed E-state index contributed by atoms with van der Waals surface area (Å²) in [5.74, 6) is -0.293. The molecule has 0 aliphatic heterocycles. The number of halogens is 1. The van der Waals surface area contributed by atoms with Gasteiger partial charge >= 0.3 is 5.97 Å². The highest BCUT2D eigenvalue weighted by atomic mass is 35.5. The molecule has 2 unspecified atom stereocenters. The van der Waals surface area contributed by atoms with Gasteiger partial charge in [0.25, 0.3) is 0 Å². The largest absolute Gasteiger partial charge is 0.469 e. The van der Waals surface area contributed by atoms with Crippen LogP contribution < -0.4 is 0 Å². The summed E-state index contributed by atoms with van der Waals surface area (Å²) in [5.41, 5.74) is 1.25. The van der Waals surface area contributed by atoms with Gasteiger partial charge in [-0.3, -0.25) is 9.78 Å². The Balaban J connectivity index is 2.65. The quantitative estimate of drug-likeness (QED) is 0.411. The van der Waals surface area contributed by atoms with E-state index in [0.717, 1.165) is 31.2 Å². The van der Waals surface area contributed by atoms with Crippen LogP contribution in [0.5, 0.6) is 0 Å². The van der Waals surface area contributed by atoms with Crippen LogP contribution in [0.1, 0.15) is 75.7 Å². The fourth-order valence-corrected chi connectivity index (χ4v) is 2.82. The van der Waals surface area contributed by atoms with E-state index >= 15 is 0 Å². The lowest BCUT2D eigenvalue weighted by Gasteiger charge is -2.13. The Kier molecular flexibility index (Phi) is 11.2. The van der Waals surface area contributed by atoms with Crippen LogP contribution in [-0.4, -0.2) is 34.4 Å². The van der Waals surface area contributed by atoms with E-state index in [2.05, 4.69) is 16.6 Å². The number of carbonyl (C=O) groups excluding carboxylic acids is 1. The maximum absolute atomic E-state index is 11.2. The van der Waals surface area contributed by atoms with Gasteiger partial charge in [0.1, 0.15) is 0 Å². The molecule has 6 heteroatoms. The minimum atomic E-state index is -0.786. The Labute approximate surface area is 161 Å². The van der Waals surface area contributed by atoms with E-state index < -0.39 is 6.10 Å². The third-order valence-electron chi connectivity index (χ3n) is 4.16. The highest BCUT2D eigenvalue weighted by Gasteiger charge is 2.14. The monoisotopic (exact) mass is 383 g/mol. The molecule has 1 aromatic heterocycles. The van der Waals surface area contributed by atoms with Gasteiger partial charge in [0.05, 0.1) is 30.0 Å². The van der Waals surface area contributed by atoms with Crippen LogP contribution in [0.25, 0.3) is 6.08 Å². The van der Waals surface area contributed by atoms with Crippen LogP contribution in [0, 0.1) is 0 Å². The van der Waals surface area contributed by atoms with Gasteiger partial charge in [-0.25, -0.2) is 0 Å². The van der Waals surface area contributed by atoms with Crippen molar-refractivity contribution in [3.63, 3.8) is 0 Å². The van der Waals surface area contributed by atoms with Crippen LogP contribution in [0.15, 0.2) is 18.3 Å². The molecule has 26 heavy (non-hydrogen) atoms. The molecule has 0 saturated carbocycles. The fourth-order valence-electron chi connectivity index (χ4n) is 2.66. The summed E-state index contributed by atoms with van der Waals surface area (Å²) >= 11 is 6.02. The minimum Gasteiger partial charge on any atom is -0.469 e. The summed E-state index contributed by atoms with van der Waals surface area (Å²) in [6.45, 7) is 2.14. The average Bonchev–Trinajstić information content (AvgIpc) is 2.61. The van der Waals surface area contributed by atoms with Crippen molar-refractivity contribution >= 4 is 23.6 Å². The van der Waals surface area contributed by atoms with Gasteiger partial charge in [-0.2, -0.15) is 0 Å². The van der Waals surface area contributed by atoms with Gasteiger partial charge in [-0.1, -0.05) is 49.9 Å². The van der Waals surface area contributed by atoms with Crippen LogP contribution in [-0.2, 0) is 9.53 Å². The fraction of sp³-hybridized carbons (Fsp3) is 0.600.